The van der Waals surface area contributed by atoms with E-state index in [9.17, 15) is 9.90 Å². The normalized spacial score (nSPS) is 19.4. The molecule has 56 heavy (non-hydrogen) atoms. The molecule has 5 heterocycles. The number of hydrogen-bond donors (Lipinski definition) is 1. The van der Waals surface area contributed by atoms with Gasteiger partial charge < -0.3 is 24.2 Å². The fourth-order valence-electron chi connectivity index (χ4n) is 9.00. The van der Waals surface area contributed by atoms with Crippen molar-refractivity contribution in [1.29, 1.82) is 0 Å². The molecule has 1 saturated heterocycles. The average Bonchev–Trinajstić information content (AvgIpc) is 3.79. The third-order valence-corrected chi connectivity index (χ3v) is 12.4. The minimum Gasteiger partial charge on any atom is -0.494 e. The molecule has 10 nitrogen and oxygen atoms in total. The molecule has 0 bridgehead atoms. The van der Waals surface area contributed by atoms with Crippen LogP contribution in [-0.4, -0.2) is 66.4 Å². The minimum atomic E-state index is -1.03. The average molecular weight is 792 g/mol. The molecule has 0 saturated carbocycles. The number of rotatable bonds is 10. The smallest absolute Gasteiger partial charge is 0.337 e. The number of aromatic carboxylic acids is 1. The molecular formula is C44H44Cl2N6O4. The van der Waals surface area contributed by atoms with Gasteiger partial charge in [0, 0.05) is 83.0 Å². The minimum absolute atomic E-state index is 0.114. The lowest BCUT2D eigenvalue weighted by Gasteiger charge is -2.45. The van der Waals surface area contributed by atoms with Gasteiger partial charge in [-0.2, -0.15) is 5.10 Å². The zero-order valence-electron chi connectivity index (χ0n) is 32.3. The predicted molar refractivity (Wildman–Crippen MR) is 220 cm³/mol. The van der Waals surface area contributed by atoms with Gasteiger partial charge in [0.05, 0.1) is 35.1 Å². The first-order valence-corrected chi connectivity index (χ1v) is 19.7. The summed E-state index contributed by atoms with van der Waals surface area (Å²) >= 11 is 13.6. The molecule has 2 aromatic carbocycles. The maximum Gasteiger partial charge on any atom is 0.337 e. The maximum absolute atomic E-state index is 15.3. The molecule has 288 valence electrons. The van der Waals surface area contributed by atoms with Gasteiger partial charge in [0.25, 0.3) is 5.91 Å². The van der Waals surface area contributed by atoms with Crippen molar-refractivity contribution >= 4 is 57.2 Å². The van der Waals surface area contributed by atoms with E-state index in [0.717, 1.165) is 55.6 Å². The number of benzene rings is 2. The largest absolute Gasteiger partial charge is 0.494 e. The van der Waals surface area contributed by atoms with Crippen LogP contribution in [0.15, 0.2) is 89.5 Å². The zero-order chi connectivity index (χ0) is 39.6. The number of halogens is 2. The summed E-state index contributed by atoms with van der Waals surface area (Å²) in [5.41, 5.74) is 9.95. The molecule has 1 amide bonds. The topological polar surface area (TPSA) is 106 Å². The second-order valence-corrected chi connectivity index (χ2v) is 15.9. The number of carboxylic acids is 1. The molecule has 8 rings (SSSR count). The van der Waals surface area contributed by atoms with Gasteiger partial charge in [0.2, 0.25) is 0 Å². The van der Waals surface area contributed by atoms with E-state index in [1.807, 2.05) is 90.5 Å². The Hall–Kier alpha value is -5.32. The standard InChI is InChI=1S/C44H44Cl2N6O4/c1-24-18-30(19-25(2)39(24)46)56-17-9-12-31-33-14-15-35(45)38(37-27(4)48-49(6)28(37)5)41(33)52-26(3)21-51(43(53)42(31)52)36-13-7-11-32-34(44(54)55)23-50(40(32)36)22-29-10-8-16-47-20-29/h7-8,10-11,13-16,18-20,23,26,33,41H,9,12,17,21-22H2,1-6H3,(H,54,55)/t26-,33?,41?/m1/s1. The van der Waals surface area contributed by atoms with E-state index in [2.05, 4.69) is 29.8 Å². The molecule has 3 aliphatic rings. The summed E-state index contributed by atoms with van der Waals surface area (Å²) in [5, 5.41) is 17.0. The Morgan fingerprint density at radius 1 is 1.07 bits per heavy atom. The number of fused-ring (bicyclic) bond motifs is 4. The summed E-state index contributed by atoms with van der Waals surface area (Å²) in [5.74, 6) is -0.501. The van der Waals surface area contributed by atoms with Gasteiger partial charge in [-0.15, -0.1) is 0 Å². The van der Waals surface area contributed by atoms with Crippen LogP contribution in [0.4, 0.5) is 5.69 Å². The van der Waals surface area contributed by atoms with Crippen LogP contribution in [0.1, 0.15) is 63.8 Å². The number of aromatic nitrogens is 4. The first-order chi connectivity index (χ1) is 26.8. The van der Waals surface area contributed by atoms with Crippen molar-refractivity contribution in [3.63, 3.8) is 0 Å². The Balaban J connectivity index is 1.22. The number of amides is 1. The number of aryl methyl sites for hydroxylation is 4. The van der Waals surface area contributed by atoms with Crippen molar-refractivity contribution in [3.8, 4) is 5.75 Å². The number of anilines is 1. The predicted octanol–water partition coefficient (Wildman–Crippen LogP) is 8.77. The van der Waals surface area contributed by atoms with Gasteiger partial charge in [0.15, 0.2) is 0 Å². The number of nitrogens with zero attached hydrogens (tertiary/aromatic N) is 6. The molecular weight excluding hydrogens is 747 g/mol. The summed E-state index contributed by atoms with van der Waals surface area (Å²) in [7, 11) is 1.94. The van der Waals surface area contributed by atoms with Crippen LogP contribution in [0.25, 0.3) is 16.5 Å². The van der Waals surface area contributed by atoms with E-state index >= 15 is 4.79 Å². The van der Waals surface area contributed by atoms with Crippen LogP contribution in [0.2, 0.25) is 5.02 Å². The Morgan fingerprint density at radius 3 is 2.52 bits per heavy atom. The van der Waals surface area contributed by atoms with E-state index in [1.165, 1.54) is 0 Å². The van der Waals surface area contributed by atoms with E-state index < -0.39 is 5.97 Å². The molecule has 12 heteroatoms. The van der Waals surface area contributed by atoms with Crippen LogP contribution < -0.4 is 9.64 Å². The Kier molecular flexibility index (Phi) is 9.83. The number of carbonyl (C=O) groups is 2. The molecule has 3 atom stereocenters. The summed E-state index contributed by atoms with van der Waals surface area (Å²) in [6, 6.07) is 13.0. The third-order valence-electron chi connectivity index (χ3n) is 11.5. The lowest BCUT2D eigenvalue weighted by atomic mass is 9.80. The van der Waals surface area contributed by atoms with E-state index in [0.29, 0.717) is 59.9 Å². The van der Waals surface area contributed by atoms with E-state index in [1.54, 1.807) is 18.6 Å². The molecule has 1 fully saturated rings. The monoisotopic (exact) mass is 790 g/mol. The van der Waals surface area contributed by atoms with Crippen molar-refractivity contribution in [1.82, 2.24) is 24.2 Å². The van der Waals surface area contributed by atoms with Crippen molar-refractivity contribution in [2.75, 3.05) is 18.1 Å². The molecule has 1 N–H and O–H groups in total. The van der Waals surface area contributed by atoms with Crippen molar-refractivity contribution < 1.29 is 19.4 Å². The van der Waals surface area contributed by atoms with Crippen LogP contribution in [0, 0.1) is 33.6 Å². The van der Waals surface area contributed by atoms with Crippen LogP contribution >= 0.6 is 23.2 Å². The summed E-state index contributed by atoms with van der Waals surface area (Å²) in [4.78, 5) is 36.3. The number of para-hydroxylation sites is 1. The third kappa shape index (κ3) is 6.29. The summed E-state index contributed by atoms with van der Waals surface area (Å²) < 4.78 is 10.1. The number of pyridine rings is 1. The maximum atomic E-state index is 15.3. The van der Waals surface area contributed by atoms with Gasteiger partial charge >= 0.3 is 5.97 Å². The molecule has 2 unspecified atom stereocenters. The lowest BCUT2D eigenvalue weighted by molar-refractivity contribution is -0.118. The number of allylic oxidation sites excluding steroid dienone is 2. The molecule has 0 spiro atoms. The molecule has 1 aliphatic carbocycles. The number of hydrogen-bond acceptors (Lipinski definition) is 6. The van der Waals surface area contributed by atoms with E-state index in [4.69, 9.17) is 33.0 Å². The lowest BCUT2D eigenvalue weighted by Crippen LogP contribution is -2.56. The van der Waals surface area contributed by atoms with Gasteiger partial charge in [-0.1, -0.05) is 47.5 Å². The number of carboxylic acid groups (broad SMARTS) is 1. The molecule has 0 radical (unpaired) electrons. The van der Waals surface area contributed by atoms with Crippen LogP contribution in [-0.2, 0) is 18.4 Å². The van der Waals surface area contributed by atoms with Gasteiger partial charge in [0.1, 0.15) is 11.4 Å². The molecule has 5 aromatic rings. The Labute approximate surface area is 336 Å². The highest BCUT2D eigenvalue weighted by atomic mass is 35.5. The SMILES string of the molecule is Cc1cc(OCCCC2=C3C(=O)N(c4cccc5c(C(=O)O)cn(Cc6cccnc6)c45)C[C@@H](C)N3C3C(c4c(C)nn(C)c4C)=C(Cl)C=CC23)cc(C)c1Cl. The highest BCUT2D eigenvalue weighted by Gasteiger charge is 2.51. The quantitative estimate of drug-likeness (QED) is 0.141. The number of piperazine rings is 1. The molecule has 2 aliphatic heterocycles. The first kappa shape index (κ1) is 37.6. The second-order valence-electron chi connectivity index (χ2n) is 15.1. The van der Waals surface area contributed by atoms with Gasteiger partial charge in [-0.25, -0.2) is 4.79 Å². The van der Waals surface area contributed by atoms with Crippen molar-refractivity contribution in [2.45, 2.75) is 66.1 Å². The van der Waals surface area contributed by atoms with Crippen molar-refractivity contribution in [2.24, 2.45) is 13.0 Å². The highest BCUT2D eigenvalue weighted by molar-refractivity contribution is 6.35. The Bertz CT molecular complexity index is 2490. The first-order valence-electron chi connectivity index (χ1n) is 18.9. The fraction of sp³-hybridized carbons (Fsp3) is 0.318. The fourth-order valence-corrected chi connectivity index (χ4v) is 9.39. The zero-order valence-corrected chi connectivity index (χ0v) is 33.8. The number of ether oxygens (including phenoxy) is 1. The van der Waals surface area contributed by atoms with Crippen LogP contribution in [0.3, 0.4) is 0 Å². The summed E-state index contributed by atoms with van der Waals surface area (Å²) in [6.07, 6.45) is 10.6. The van der Waals surface area contributed by atoms with Crippen LogP contribution in [0.5, 0.6) is 5.75 Å². The van der Waals surface area contributed by atoms with Gasteiger partial charge in [-0.05, 0) is 100 Å². The number of carbonyl (C=O) groups excluding carboxylic acids is 1. The Morgan fingerprint density at radius 2 is 1.84 bits per heavy atom. The van der Waals surface area contributed by atoms with E-state index in [-0.39, 0.29) is 29.5 Å². The van der Waals surface area contributed by atoms with Crippen molar-refractivity contribution in [3.05, 3.63) is 134 Å². The molecule has 3 aromatic heterocycles. The van der Waals surface area contributed by atoms with Gasteiger partial charge in [-0.3, -0.25) is 14.5 Å². The second kappa shape index (κ2) is 14.6. The highest BCUT2D eigenvalue weighted by Crippen LogP contribution is 2.51. The summed E-state index contributed by atoms with van der Waals surface area (Å²) in [6.45, 7) is 11.4.